The zero-order valence-electron chi connectivity index (χ0n) is 13.2. The molecule has 0 aliphatic carbocycles. The van der Waals surface area contributed by atoms with Crippen molar-refractivity contribution >= 4 is 11.4 Å². The Morgan fingerprint density at radius 3 is 2.52 bits per heavy atom. The molecule has 0 spiro atoms. The van der Waals surface area contributed by atoms with E-state index in [2.05, 4.69) is 10.2 Å². The Kier molecular flexibility index (Phi) is 6.11. The third kappa shape index (κ3) is 5.32. The summed E-state index contributed by atoms with van der Waals surface area (Å²) in [4.78, 5) is 12.8. The lowest BCUT2D eigenvalue weighted by Crippen LogP contribution is -2.38. The van der Waals surface area contributed by atoms with Crippen molar-refractivity contribution in [1.29, 1.82) is 0 Å². The molecule has 21 heavy (non-hydrogen) atoms. The SMILES string of the molecule is CCNc1c(CN(CC)CC(C)(C)O)cccc1[N+](=O)[O-]. The van der Waals surface area contributed by atoms with Crippen molar-refractivity contribution in [2.45, 2.75) is 39.8 Å². The maximum atomic E-state index is 11.1. The molecule has 1 rings (SSSR count). The summed E-state index contributed by atoms with van der Waals surface area (Å²) in [6.45, 7) is 9.89. The number of anilines is 1. The molecule has 0 aromatic heterocycles. The number of nitro benzene ring substituents is 1. The van der Waals surface area contributed by atoms with Crippen LogP contribution < -0.4 is 5.32 Å². The van der Waals surface area contributed by atoms with Gasteiger partial charge in [-0.05, 0) is 32.9 Å². The third-order valence-electron chi connectivity index (χ3n) is 3.13. The van der Waals surface area contributed by atoms with Gasteiger partial charge >= 0.3 is 0 Å². The summed E-state index contributed by atoms with van der Waals surface area (Å²) >= 11 is 0. The van der Waals surface area contributed by atoms with Gasteiger partial charge in [0.25, 0.3) is 5.69 Å². The summed E-state index contributed by atoms with van der Waals surface area (Å²) in [5.41, 5.74) is 0.736. The van der Waals surface area contributed by atoms with E-state index in [-0.39, 0.29) is 10.6 Å². The van der Waals surface area contributed by atoms with Crippen LogP contribution >= 0.6 is 0 Å². The fourth-order valence-electron chi connectivity index (χ4n) is 2.32. The zero-order valence-corrected chi connectivity index (χ0v) is 13.2. The first-order valence-electron chi connectivity index (χ1n) is 7.23. The number of hydrogen-bond donors (Lipinski definition) is 2. The van der Waals surface area contributed by atoms with E-state index in [4.69, 9.17) is 0 Å². The van der Waals surface area contributed by atoms with Crippen LogP contribution in [0.3, 0.4) is 0 Å². The highest BCUT2D eigenvalue weighted by Gasteiger charge is 2.21. The van der Waals surface area contributed by atoms with E-state index >= 15 is 0 Å². The van der Waals surface area contributed by atoms with Crippen molar-refractivity contribution in [3.8, 4) is 0 Å². The van der Waals surface area contributed by atoms with Gasteiger partial charge in [-0.25, -0.2) is 0 Å². The number of para-hydroxylation sites is 1. The molecule has 6 nitrogen and oxygen atoms in total. The Labute approximate surface area is 125 Å². The Balaban J connectivity index is 3.05. The predicted octanol–water partition coefficient (Wildman–Crippen LogP) is 2.62. The molecule has 0 amide bonds. The smallest absolute Gasteiger partial charge is 0.292 e. The van der Waals surface area contributed by atoms with Crippen LogP contribution in [0.4, 0.5) is 11.4 Å². The molecule has 0 bridgehead atoms. The van der Waals surface area contributed by atoms with E-state index in [0.717, 1.165) is 12.1 Å². The van der Waals surface area contributed by atoms with Gasteiger partial charge in [-0.3, -0.25) is 15.0 Å². The van der Waals surface area contributed by atoms with E-state index in [1.807, 2.05) is 19.9 Å². The summed E-state index contributed by atoms with van der Waals surface area (Å²) < 4.78 is 0. The molecule has 0 saturated heterocycles. The number of likely N-dealkylation sites (N-methyl/N-ethyl adjacent to an activating group) is 1. The maximum Gasteiger partial charge on any atom is 0.292 e. The summed E-state index contributed by atoms with van der Waals surface area (Å²) in [6, 6.07) is 5.10. The fourth-order valence-corrected chi connectivity index (χ4v) is 2.32. The number of nitrogens with one attached hydrogen (secondary N) is 1. The van der Waals surface area contributed by atoms with Gasteiger partial charge in [0.2, 0.25) is 0 Å². The second-order valence-electron chi connectivity index (χ2n) is 5.71. The molecular weight excluding hydrogens is 270 g/mol. The van der Waals surface area contributed by atoms with Gasteiger partial charge in [0.05, 0.1) is 10.5 Å². The zero-order chi connectivity index (χ0) is 16.0. The summed E-state index contributed by atoms with van der Waals surface area (Å²) in [7, 11) is 0. The van der Waals surface area contributed by atoms with E-state index < -0.39 is 5.60 Å². The van der Waals surface area contributed by atoms with E-state index in [1.54, 1.807) is 19.9 Å². The molecule has 0 unspecified atom stereocenters. The molecule has 1 aromatic carbocycles. The van der Waals surface area contributed by atoms with Crippen LogP contribution in [0.25, 0.3) is 0 Å². The van der Waals surface area contributed by atoms with Gasteiger partial charge in [-0.1, -0.05) is 19.1 Å². The maximum absolute atomic E-state index is 11.1. The topological polar surface area (TPSA) is 78.6 Å². The Morgan fingerprint density at radius 1 is 1.38 bits per heavy atom. The number of nitrogens with zero attached hydrogens (tertiary/aromatic N) is 2. The molecule has 0 heterocycles. The van der Waals surface area contributed by atoms with Crippen LogP contribution in [0.5, 0.6) is 0 Å². The fraction of sp³-hybridized carbons (Fsp3) is 0.600. The molecule has 6 heteroatoms. The number of nitro groups is 1. The second kappa shape index (κ2) is 7.38. The summed E-state index contributed by atoms with van der Waals surface area (Å²) in [5, 5.41) is 24.2. The molecule has 1 aromatic rings. The van der Waals surface area contributed by atoms with Crippen molar-refractivity contribution < 1.29 is 10.0 Å². The minimum absolute atomic E-state index is 0.0914. The van der Waals surface area contributed by atoms with Crippen molar-refractivity contribution in [2.24, 2.45) is 0 Å². The highest BCUT2D eigenvalue weighted by atomic mass is 16.6. The first-order valence-corrected chi connectivity index (χ1v) is 7.23. The largest absolute Gasteiger partial charge is 0.389 e. The normalized spacial score (nSPS) is 11.7. The standard InChI is InChI=1S/C15H25N3O3/c1-5-16-14-12(8-7-9-13(14)18(20)21)10-17(6-2)11-15(3,4)19/h7-9,16,19H,5-6,10-11H2,1-4H3. The second-order valence-corrected chi connectivity index (χ2v) is 5.71. The number of benzene rings is 1. The molecule has 0 radical (unpaired) electrons. The lowest BCUT2D eigenvalue weighted by molar-refractivity contribution is -0.384. The molecule has 0 aliphatic heterocycles. The van der Waals surface area contributed by atoms with Crippen LogP contribution in [0.15, 0.2) is 18.2 Å². The molecule has 118 valence electrons. The lowest BCUT2D eigenvalue weighted by Gasteiger charge is -2.28. The first kappa shape index (κ1) is 17.4. The van der Waals surface area contributed by atoms with E-state index in [1.165, 1.54) is 6.07 Å². The highest BCUT2D eigenvalue weighted by Crippen LogP contribution is 2.29. The van der Waals surface area contributed by atoms with Crippen molar-refractivity contribution in [2.75, 3.05) is 25.0 Å². The minimum Gasteiger partial charge on any atom is -0.389 e. The van der Waals surface area contributed by atoms with Gasteiger partial charge in [0.15, 0.2) is 0 Å². The number of rotatable bonds is 8. The molecule has 0 fully saturated rings. The Hall–Kier alpha value is -1.66. The quantitative estimate of drug-likeness (QED) is 0.569. The van der Waals surface area contributed by atoms with Gasteiger partial charge in [0, 0.05) is 25.7 Å². The molecule has 2 N–H and O–H groups in total. The molecular formula is C15H25N3O3. The van der Waals surface area contributed by atoms with Gasteiger partial charge in [0.1, 0.15) is 5.69 Å². The van der Waals surface area contributed by atoms with Crippen LogP contribution in [-0.4, -0.2) is 40.2 Å². The first-order chi connectivity index (χ1) is 9.78. The summed E-state index contributed by atoms with van der Waals surface area (Å²) in [5.74, 6) is 0. The van der Waals surface area contributed by atoms with Gasteiger partial charge in [-0.15, -0.1) is 0 Å². The van der Waals surface area contributed by atoms with Crippen LogP contribution in [0.2, 0.25) is 0 Å². The van der Waals surface area contributed by atoms with E-state index in [9.17, 15) is 15.2 Å². The molecule has 0 saturated carbocycles. The van der Waals surface area contributed by atoms with Crippen LogP contribution in [0.1, 0.15) is 33.3 Å². The minimum atomic E-state index is -0.797. The van der Waals surface area contributed by atoms with Crippen LogP contribution in [0, 0.1) is 10.1 Å². The molecule has 0 aliphatic rings. The molecule has 0 atom stereocenters. The van der Waals surface area contributed by atoms with Crippen molar-refractivity contribution in [1.82, 2.24) is 4.90 Å². The Morgan fingerprint density at radius 2 is 2.05 bits per heavy atom. The van der Waals surface area contributed by atoms with Crippen molar-refractivity contribution in [3.05, 3.63) is 33.9 Å². The van der Waals surface area contributed by atoms with E-state index in [0.29, 0.717) is 25.3 Å². The summed E-state index contributed by atoms with van der Waals surface area (Å²) in [6.07, 6.45) is 0. The number of hydrogen-bond acceptors (Lipinski definition) is 5. The average molecular weight is 295 g/mol. The predicted molar refractivity (Wildman–Crippen MR) is 84.5 cm³/mol. The number of aliphatic hydroxyl groups is 1. The lowest BCUT2D eigenvalue weighted by atomic mass is 10.1. The average Bonchev–Trinajstić information content (AvgIpc) is 2.38. The highest BCUT2D eigenvalue weighted by molar-refractivity contribution is 5.66. The van der Waals surface area contributed by atoms with Gasteiger partial charge in [-0.2, -0.15) is 0 Å². The van der Waals surface area contributed by atoms with Crippen LogP contribution in [-0.2, 0) is 6.54 Å². The third-order valence-corrected chi connectivity index (χ3v) is 3.13. The monoisotopic (exact) mass is 295 g/mol. The Bertz CT molecular complexity index is 484. The van der Waals surface area contributed by atoms with Crippen molar-refractivity contribution in [3.63, 3.8) is 0 Å². The van der Waals surface area contributed by atoms with Gasteiger partial charge < -0.3 is 10.4 Å².